The number of carbonyl (C=O) groups is 1. The van der Waals surface area contributed by atoms with E-state index in [1.807, 2.05) is 53.9 Å². The van der Waals surface area contributed by atoms with Gasteiger partial charge in [-0.25, -0.2) is 9.67 Å². The van der Waals surface area contributed by atoms with Crippen LogP contribution in [0.2, 0.25) is 0 Å². The van der Waals surface area contributed by atoms with Crippen molar-refractivity contribution in [3.05, 3.63) is 86.6 Å². The number of methoxy groups -OCH3 is 1. The van der Waals surface area contributed by atoms with Crippen LogP contribution in [-0.4, -0.2) is 27.8 Å². The second-order valence-electron chi connectivity index (χ2n) is 6.87. The standard InChI is InChI=1S/C23H19BrN4O3S/c1-31-19-8-4-16(5-9-19)23-26-18(14-32-23)12-25-21(29)13-28-22(30)11-10-20(27-28)15-2-6-17(24)7-3-15/h2-11,14H,12-13H2,1H3,(H,25,29). The molecule has 4 aromatic rings. The minimum absolute atomic E-state index is 0.168. The Kier molecular flexibility index (Phi) is 6.77. The Morgan fingerprint density at radius 2 is 1.78 bits per heavy atom. The minimum atomic E-state index is -0.337. The number of aromatic nitrogens is 3. The molecule has 0 aliphatic rings. The van der Waals surface area contributed by atoms with E-state index in [-0.39, 0.29) is 24.6 Å². The zero-order valence-corrected chi connectivity index (χ0v) is 19.5. The highest BCUT2D eigenvalue weighted by atomic mass is 79.9. The molecule has 0 aliphatic heterocycles. The highest BCUT2D eigenvalue weighted by molar-refractivity contribution is 9.10. The van der Waals surface area contributed by atoms with E-state index in [9.17, 15) is 9.59 Å². The summed E-state index contributed by atoms with van der Waals surface area (Å²) in [4.78, 5) is 29.2. The van der Waals surface area contributed by atoms with Crippen molar-refractivity contribution in [1.29, 1.82) is 0 Å². The highest BCUT2D eigenvalue weighted by Crippen LogP contribution is 2.25. The lowest BCUT2D eigenvalue weighted by Crippen LogP contribution is -2.33. The third-order valence-electron chi connectivity index (χ3n) is 4.66. The minimum Gasteiger partial charge on any atom is -0.497 e. The molecule has 0 bridgehead atoms. The molecule has 1 N–H and O–H groups in total. The molecule has 0 fully saturated rings. The molecule has 0 unspecified atom stereocenters. The lowest BCUT2D eigenvalue weighted by molar-refractivity contribution is -0.122. The first-order chi connectivity index (χ1) is 15.5. The van der Waals surface area contributed by atoms with E-state index in [4.69, 9.17) is 4.74 Å². The van der Waals surface area contributed by atoms with Crippen molar-refractivity contribution >= 4 is 33.2 Å². The first kappa shape index (κ1) is 21.9. The van der Waals surface area contributed by atoms with Gasteiger partial charge in [-0.3, -0.25) is 9.59 Å². The molecular formula is C23H19BrN4O3S. The summed E-state index contributed by atoms with van der Waals surface area (Å²) in [7, 11) is 1.62. The Hall–Kier alpha value is -3.30. The van der Waals surface area contributed by atoms with Crippen molar-refractivity contribution in [2.75, 3.05) is 7.11 Å². The summed E-state index contributed by atoms with van der Waals surface area (Å²) in [5.74, 6) is 0.470. The van der Waals surface area contributed by atoms with Crippen molar-refractivity contribution in [3.8, 4) is 27.6 Å². The number of hydrogen-bond acceptors (Lipinski definition) is 6. The second kappa shape index (κ2) is 9.88. The van der Waals surface area contributed by atoms with Crippen LogP contribution in [-0.2, 0) is 17.9 Å². The molecule has 162 valence electrons. The van der Waals surface area contributed by atoms with Gasteiger partial charge in [-0.15, -0.1) is 11.3 Å². The van der Waals surface area contributed by atoms with Gasteiger partial charge in [-0.2, -0.15) is 5.10 Å². The summed E-state index contributed by atoms with van der Waals surface area (Å²) in [6.07, 6.45) is 0. The summed E-state index contributed by atoms with van der Waals surface area (Å²) in [6, 6.07) is 18.3. The molecule has 2 aromatic heterocycles. The van der Waals surface area contributed by atoms with Gasteiger partial charge in [0.2, 0.25) is 5.91 Å². The van der Waals surface area contributed by atoms with Crippen LogP contribution in [0, 0.1) is 0 Å². The van der Waals surface area contributed by atoms with Crippen molar-refractivity contribution < 1.29 is 9.53 Å². The van der Waals surface area contributed by atoms with Crippen LogP contribution >= 0.6 is 27.3 Å². The Balaban J connectivity index is 1.39. The van der Waals surface area contributed by atoms with E-state index in [1.165, 1.54) is 17.4 Å². The maximum atomic E-state index is 12.4. The summed E-state index contributed by atoms with van der Waals surface area (Å²) < 4.78 is 7.29. The molecule has 32 heavy (non-hydrogen) atoms. The van der Waals surface area contributed by atoms with Gasteiger partial charge in [0.15, 0.2) is 0 Å². The van der Waals surface area contributed by atoms with Gasteiger partial charge in [-0.1, -0.05) is 28.1 Å². The third-order valence-corrected chi connectivity index (χ3v) is 6.12. The average Bonchev–Trinajstić information content (AvgIpc) is 3.29. The quantitative estimate of drug-likeness (QED) is 0.404. The number of nitrogens with zero attached hydrogens (tertiary/aromatic N) is 3. The Morgan fingerprint density at radius 1 is 1.06 bits per heavy atom. The van der Waals surface area contributed by atoms with Gasteiger partial charge in [0.05, 0.1) is 25.0 Å². The first-order valence-corrected chi connectivity index (χ1v) is 11.4. The van der Waals surface area contributed by atoms with Gasteiger partial charge in [0, 0.05) is 27.0 Å². The van der Waals surface area contributed by atoms with Crippen LogP contribution in [0.4, 0.5) is 0 Å². The van der Waals surface area contributed by atoms with E-state index in [0.29, 0.717) is 5.69 Å². The van der Waals surface area contributed by atoms with E-state index in [1.54, 1.807) is 13.2 Å². The van der Waals surface area contributed by atoms with Crippen LogP contribution in [0.1, 0.15) is 5.69 Å². The lowest BCUT2D eigenvalue weighted by Gasteiger charge is -2.08. The van der Waals surface area contributed by atoms with Crippen LogP contribution < -0.4 is 15.6 Å². The first-order valence-electron chi connectivity index (χ1n) is 9.71. The number of nitrogens with one attached hydrogen (secondary N) is 1. The van der Waals surface area contributed by atoms with Gasteiger partial charge < -0.3 is 10.1 Å². The van der Waals surface area contributed by atoms with Crippen LogP contribution in [0.3, 0.4) is 0 Å². The van der Waals surface area contributed by atoms with Crippen molar-refractivity contribution in [1.82, 2.24) is 20.1 Å². The molecule has 2 heterocycles. The zero-order valence-electron chi connectivity index (χ0n) is 17.1. The van der Waals surface area contributed by atoms with E-state index < -0.39 is 0 Å². The maximum absolute atomic E-state index is 12.4. The van der Waals surface area contributed by atoms with Crippen molar-refractivity contribution in [2.24, 2.45) is 0 Å². The molecular weight excluding hydrogens is 492 g/mol. The number of ether oxygens (including phenoxy) is 1. The fraction of sp³-hybridized carbons (Fsp3) is 0.130. The van der Waals surface area contributed by atoms with Gasteiger partial charge >= 0.3 is 0 Å². The SMILES string of the molecule is COc1ccc(-c2nc(CNC(=O)Cn3nc(-c4ccc(Br)cc4)ccc3=O)cs2)cc1. The number of halogens is 1. The van der Waals surface area contributed by atoms with E-state index in [0.717, 1.165) is 36.7 Å². The molecule has 2 aromatic carbocycles. The molecule has 0 radical (unpaired) electrons. The lowest BCUT2D eigenvalue weighted by atomic mass is 10.1. The fourth-order valence-electron chi connectivity index (χ4n) is 2.97. The smallest absolute Gasteiger partial charge is 0.267 e. The van der Waals surface area contributed by atoms with Crippen LogP contribution in [0.25, 0.3) is 21.8 Å². The van der Waals surface area contributed by atoms with E-state index in [2.05, 4.69) is 31.3 Å². The van der Waals surface area contributed by atoms with Crippen LogP contribution in [0.5, 0.6) is 5.75 Å². The number of thiazole rings is 1. The molecule has 0 aliphatic carbocycles. The molecule has 0 atom stereocenters. The second-order valence-corrected chi connectivity index (χ2v) is 8.64. The predicted molar refractivity (Wildman–Crippen MR) is 128 cm³/mol. The summed E-state index contributed by atoms with van der Waals surface area (Å²) >= 11 is 4.90. The molecule has 0 saturated carbocycles. The highest BCUT2D eigenvalue weighted by Gasteiger charge is 2.10. The number of carbonyl (C=O) groups excluding carboxylic acids is 1. The summed E-state index contributed by atoms with van der Waals surface area (Å²) in [5, 5.41) is 9.89. The largest absolute Gasteiger partial charge is 0.497 e. The monoisotopic (exact) mass is 510 g/mol. The maximum Gasteiger partial charge on any atom is 0.267 e. The average molecular weight is 511 g/mol. The summed E-state index contributed by atoms with van der Waals surface area (Å²) in [6.45, 7) is 0.102. The van der Waals surface area contributed by atoms with Gasteiger partial charge in [-0.05, 0) is 42.5 Å². The Morgan fingerprint density at radius 3 is 2.50 bits per heavy atom. The van der Waals surface area contributed by atoms with Crippen LogP contribution in [0.15, 0.2) is 75.3 Å². The summed E-state index contributed by atoms with van der Waals surface area (Å²) in [5.41, 5.74) is 2.87. The number of benzene rings is 2. The fourth-order valence-corrected chi connectivity index (χ4v) is 4.06. The molecule has 1 amide bonds. The third kappa shape index (κ3) is 5.30. The molecule has 7 nitrogen and oxygen atoms in total. The van der Waals surface area contributed by atoms with Gasteiger partial charge in [0.25, 0.3) is 5.56 Å². The Labute approximate surface area is 196 Å². The van der Waals surface area contributed by atoms with Gasteiger partial charge in [0.1, 0.15) is 17.3 Å². The zero-order chi connectivity index (χ0) is 22.5. The number of amides is 1. The molecule has 0 saturated heterocycles. The Bertz CT molecular complexity index is 1280. The number of rotatable bonds is 7. The molecule has 4 rings (SSSR count). The normalized spacial score (nSPS) is 10.7. The predicted octanol–water partition coefficient (Wildman–Crippen LogP) is 4.12. The van der Waals surface area contributed by atoms with Crippen molar-refractivity contribution in [2.45, 2.75) is 13.1 Å². The molecule has 9 heteroatoms. The van der Waals surface area contributed by atoms with E-state index >= 15 is 0 Å². The topological polar surface area (TPSA) is 86.1 Å². The molecule has 0 spiro atoms. The van der Waals surface area contributed by atoms with Crippen molar-refractivity contribution in [3.63, 3.8) is 0 Å². The number of hydrogen-bond donors (Lipinski definition) is 1.